The van der Waals surface area contributed by atoms with Gasteiger partial charge in [0.1, 0.15) is 6.10 Å². The molecule has 2 amide bonds. The van der Waals surface area contributed by atoms with Crippen LogP contribution < -0.4 is 0 Å². The largest absolute Gasteiger partial charge is 0.409 e. The minimum Gasteiger partial charge on any atom is -0.409 e. The number of benzene rings is 1. The third-order valence-electron chi connectivity index (χ3n) is 10.3. The number of amides is 2. The number of fused-ring (bicyclic) bond motifs is 1. The number of hydrogen-bond acceptors (Lipinski definition) is 5. The third-order valence-corrected chi connectivity index (χ3v) is 23.7. The van der Waals surface area contributed by atoms with Crippen LogP contribution in [0.15, 0.2) is 36.4 Å². The van der Waals surface area contributed by atoms with E-state index in [2.05, 4.69) is 102 Å². The lowest BCUT2D eigenvalue weighted by Gasteiger charge is -2.52. The summed E-state index contributed by atoms with van der Waals surface area (Å²) in [6.45, 7) is 33.5. The lowest BCUT2D eigenvalue weighted by Crippen LogP contribution is -2.64. The van der Waals surface area contributed by atoms with Crippen molar-refractivity contribution in [2.45, 2.75) is 141 Å². The van der Waals surface area contributed by atoms with Gasteiger partial charge in [-0.25, -0.2) is 0 Å². The molecule has 0 N–H and O–H groups in total. The molecular weight excluding hydrogens is 563 g/mol. The highest BCUT2D eigenvalue weighted by Gasteiger charge is 2.54. The topological polar surface area (TPSA) is 65.1 Å². The number of hydrogen-bond donors (Lipinski definition) is 0. The first-order valence-corrected chi connectivity index (χ1v) is 23.7. The second-order valence-corrected chi connectivity index (χ2v) is 30.7. The van der Waals surface area contributed by atoms with Crippen molar-refractivity contribution in [3.63, 3.8) is 0 Å². The number of rotatable bonds is 7. The van der Waals surface area contributed by atoms with Crippen molar-refractivity contribution in [1.29, 1.82) is 0 Å². The number of carbonyl (C=O) groups is 2. The fourth-order valence-corrected chi connectivity index (χ4v) is 8.32. The van der Waals surface area contributed by atoms with Crippen LogP contribution >= 0.6 is 0 Å². The summed E-state index contributed by atoms with van der Waals surface area (Å²) in [6, 6.07) is 6.48. The Labute approximate surface area is 252 Å². The summed E-state index contributed by atoms with van der Waals surface area (Å²) in [5.41, 5.74) is 0.886. The quantitative estimate of drug-likeness (QED) is 0.175. The van der Waals surface area contributed by atoms with E-state index in [1.54, 1.807) is 24.3 Å². The van der Waals surface area contributed by atoms with E-state index in [9.17, 15) is 9.59 Å². The van der Waals surface area contributed by atoms with Crippen LogP contribution in [0.5, 0.6) is 0 Å². The zero-order valence-electron chi connectivity index (χ0n) is 28.3. The maximum absolute atomic E-state index is 13.8. The van der Waals surface area contributed by atoms with Crippen molar-refractivity contribution in [2.24, 2.45) is 0 Å². The van der Waals surface area contributed by atoms with Crippen molar-refractivity contribution in [1.82, 2.24) is 4.90 Å². The molecule has 1 heterocycles. The molecule has 6 nitrogen and oxygen atoms in total. The molecule has 1 aliphatic heterocycles. The van der Waals surface area contributed by atoms with E-state index in [-0.39, 0.29) is 33.0 Å². The summed E-state index contributed by atoms with van der Waals surface area (Å²) >= 11 is 0. The Morgan fingerprint density at radius 2 is 0.951 bits per heavy atom. The molecule has 0 radical (unpaired) electrons. The highest BCUT2D eigenvalue weighted by atomic mass is 28.4. The Bertz CT molecular complexity index is 1150. The Kier molecular flexibility index (Phi) is 9.13. The molecule has 0 spiro atoms. The Morgan fingerprint density at radius 1 is 0.585 bits per heavy atom. The molecule has 4 atom stereocenters. The van der Waals surface area contributed by atoms with E-state index in [1.165, 1.54) is 4.90 Å². The van der Waals surface area contributed by atoms with Crippen LogP contribution in [0.1, 0.15) is 83.0 Å². The summed E-state index contributed by atoms with van der Waals surface area (Å²) in [6.07, 6.45) is 2.62. The van der Waals surface area contributed by atoms with Crippen molar-refractivity contribution in [3.8, 4) is 0 Å². The van der Waals surface area contributed by atoms with Gasteiger partial charge in [-0.1, -0.05) is 86.6 Å². The molecule has 1 aromatic rings. The highest BCUT2D eigenvalue weighted by Crippen LogP contribution is 2.45. The predicted octanol–water partition coefficient (Wildman–Crippen LogP) is 8.39. The van der Waals surface area contributed by atoms with E-state index in [0.717, 1.165) is 0 Å². The van der Waals surface area contributed by atoms with Gasteiger partial charge in [0, 0.05) is 0 Å². The van der Waals surface area contributed by atoms with E-state index in [4.69, 9.17) is 13.3 Å². The van der Waals surface area contributed by atoms with Gasteiger partial charge in [-0.05, 0) is 66.5 Å². The Morgan fingerprint density at radius 3 is 1.34 bits per heavy atom. The van der Waals surface area contributed by atoms with Crippen molar-refractivity contribution in [2.75, 3.05) is 0 Å². The summed E-state index contributed by atoms with van der Waals surface area (Å²) < 4.78 is 21.6. The molecule has 41 heavy (non-hydrogen) atoms. The molecule has 9 heteroatoms. The first-order valence-electron chi connectivity index (χ1n) is 15.0. The van der Waals surface area contributed by atoms with Gasteiger partial charge in [0.25, 0.3) is 11.8 Å². The zero-order chi connectivity index (χ0) is 31.6. The van der Waals surface area contributed by atoms with Gasteiger partial charge in [0.15, 0.2) is 25.0 Å². The first kappa shape index (κ1) is 34.1. The normalized spacial score (nSPS) is 24.7. The van der Waals surface area contributed by atoms with Gasteiger partial charge in [-0.3, -0.25) is 14.5 Å². The first-order chi connectivity index (χ1) is 18.3. The van der Waals surface area contributed by atoms with Crippen LogP contribution in [0.3, 0.4) is 0 Å². The van der Waals surface area contributed by atoms with Crippen LogP contribution in [0.4, 0.5) is 0 Å². The van der Waals surface area contributed by atoms with Gasteiger partial charge in [0.2, 0.25) is 0 Å². The second kappa shape index (κ2) is 11.0. The summed E-state index contributed by atoms with van der Waals surface area (Å²) in [7, 11) is -6.95. The van der Waals surface area contributed by atoms with Gasteiger partial charge in [-0.2, -0.15) is 0 Å². The minimum absolute atomic E-state index is 0.00246. The van der Waals surface area contributed by atoms with Crippen LogP contribution in [-0.2, 0) is 13.3 Å². The van der Waals surface area contributed by atoms with E-state index >= 15 is 0 Å². The highest BCUT2D eigenvalue weighted by molar-refractivity contribution is 6.75. The average Bonchev–Trinajstić information content (AvgIpc) is 3.04. The molecule has 0 aromatic heterocycles. The number of carbonyl (C=O) groups excluding carboxylic acids is 2. The Hall–Kier alpha value is -1.37. The fourth-order valence-electron chi connectivity index (χ4n) is 4.46. The lowest BCUT2D eigenvalue weighted by molar-refractivity contribution is -0.0506. The van der Waals surface area contributed by atoms with Gasteiger partial charge < -0.3 is 13.3 Å². The Balaban J connectivity index is 2.22. The SMILES string of the molecule is CC(C)(C)[Si](C)(C)O[C@@H]1[C@@H](O[Si](C)(C)C(C)(C)C)[C@@H](N2C(=O)c3ccccc3C2=O)C=C[C@H]1O[Si](C)(C)C(C)(C)C. The molecular formula is C32H55NO5Si3. The standard InChI is InChI=1S/C32H55NO5Si3/c1-30(2,3)39(10,11)36-25-21-20-24(33-28(34)22-18-16-17-19-23(22)29(33)35)26(37-40(12,13)31(4,5)6)27(25)38-41(14,15)32(7,8)9/h16-21,24-27H,1-15H3/t24-,25+,26-,27-/m0/s1. The maximum Gasteiger partial charge on any atom is 0.262 e. The van der Waals surface area contributed by atoms with E-state index in [0.29, 0.717) is 11.1 Å². The van der Waals surface area contributed by atoms with Crippen LogP contribution in [0.2, 0.25) is 54.4 Å². The lowest BCUT2D eigenvalue weighted by atomic mass is 9.93. The van der Waals surface area contributed by atoms with E-state index in [1.807, 2.05) is 12.2 Å². The monoisotopic (exact) mass is 617 g/mol. The van der Waals surface area contributed by atoms with Crippen molar-refractivity contribution >= 4 is 36.8 Å². The molecule has 0 fully saturated rings. The van der Waals surface area contributed by atoms with E-state index < -0.39 is 43.2 Å². The van der Waals surface area contributed by atoms with Crippen molar-refractivity contribution in [3.05, 3.63) is 47.5 Å². The molecule has 0 unspecified atom stereocenters. The molecule has 0 bridgehead atoms. The van der Waals surface area contributed by atoms with Gasteiger partial charge in [0.05, 0.1) is 29.4 Å². The van der Waals surface area contributed by atoms with Crippen LogP contribution in [0, 0.1) is 0 Å². The number of nitrogens with zero attached hydrogens (tertiary/aromatic N) is 1. The average molecular weight is 618 g/mol. The van der Waals surface area contributed by atoms with Crippen molar-refractivity contribution < 1.29 is 22.9 Å². The zero-order valence-corrected chi connectivity index (χ0v) is 31.3. The molecule has 1 aromatic carbocycles. The third kappa shape index (κ3) is 6.60. The minimum atomic E-state index is -2.39. The predicted molar refractivity (Wildman–Crippen MR) is 176 cm³/mol. The van der Waals surface area contributed by atoms with Crippen LogP contribution in [0.25, 0.3) is 0 Å². The fraction of sp³-hybridized carbons (Fsp3) is 0.688. The summed E-state index contributed by atoms with van der Waals surface area (Å²) in [5, 5.41) is -0.141. The molecule has 1 aliphatic carbocycles. The van der Waals surface area contributed by atoms with Gasteiger partial charge >= 0.3 is 0 Å². The molecule has 0 saturated heterocycles. The maximum atomic E-state index is 13.8. The second-order valence-electron chi connectivity index (χ2n) is 16.4. The molecule has 2 aliphatic rings. The van der Waals surface area contributed by atoms with Crippen LogP contribution in [-0.4, -0.2) is 66.0 Å². The van der Waals surface area contributed by atoms with Gasteiger partial charge in [-0.15, -0.1) is 0 Å². The smallest absolute Gasteiger partial charge is 0.262 e. The molecule has 3 rings (SSSR count). The number of imide groups is 1. The summed E-state index contributed by atoms with van der Waals surface area (Å²) in [5.74, 6) is -0.558. The summed E-state index contributed by atoms with van der Waals surface area (Å²) in [4.78, 5) is 29.0. The molecule has 0 saturated carbocycles. The molecule has 230 valence electrons.